The standard InChI is InChI=1S/C16H16N2O3/c1-10-7-8-11(2)14(9-10)18-15(19)12-5-4-6-13(17-12)16(20)21-3/h4-9H,1-3H3,(H,18,19). The molecule has 0 bridgehead atoms. The van der Waals surface area contributed by atoms with E-state index in [0.717, 1.165) is 16.8 Å². The molecule has 0 aliphatic rings. The van der Waals surface area contributed by atoms with Crippen molar-refractivity contribution in [2.45, 2.75) is 13.8 Å². The number of rotatable bonds is 3. The van der Waals surface area contributed by atoms with Crippen LogP contribution in [0.2, 0.25) is 0 Å². The van der Waals surface area contributed by atoms with Gasteiger partial charge >= 0.3 is 5.97 Å². The first-order valence-corrected chi connectivity index (χ1v) is 6.45. The number of carbonyl (C=O) groups excluding carboxylic acids is 2. The van der Waals surface area contributed by atoms with Crippen LogP contribution >= 0.6 is 0 Å². The lowest BCUT2D eigenvalue weighted by atomic mass is 10.1. The summed E-state index contributed by atoms with van der Waals surface area (Å²) in [6.45, 7) is 3.86. The third-order valence-corrected chi connectivity index (χ3v) is 3.02. The molecule has 0 unspecified atom stereocenters. The van der Waals surface area contributed by atoms with Gasteiger partial charge in [0.05, 0.1) is 7.11 Å². The third-order valence-electron chi connectivity index (χ3n) is 3.02. The Kier molecular flexibility index (Phi) is 4.33. The van der Waals surface area contributed by atoms with Crippen LogP contribution in [0.5, 0.6) is 0 Å². The van der Waals surface area contributed by atoms with Crippen LogP contribution in [-0.4, -0.2) is 24.0 Å². The molecule has 1 aromatic heterocycles. The average Bonchev–Trinajstić information content (AvgIpc) is 2.50. The van der Waals surface area contributed by atoms with Crippen LogP contribution in [0, 0.1) is 13.8 Å². The molecular weight excluding hydrogens is 268 g/mol. The molecule has 5 nitrogen and oxygen atoms in total. The zero-order valence-corrected chi connectivity index (χ0v) is 12.1. The summed E-state index contributed by atoms with van der Waals surface area (Å²) < 4.78 is 4.59. The second-order valence-electron chi connectivity index (χ2n) is 4.67. The SMILES string of the molecule is COC(=O)c1cccc(C(=O)Nc2cc(C)ccc2C)n1. The maximum Gasteiger partial charge on any atom is 0.356 e. The monoisotopic (exact) mass is 284 g/mol. The van der Waals surface area contributed by atoms with E-state index >= 15 is 0 Å². The van der Waals surface area contributed by atoms with Crippen molar-refractivity contribution in [2.75, 3.05) is 12.4 Å². The van der Waals surface area contributed by atoms with E-state index in [4.69, 9.17) is 0 Å². The molecule has 21 heavy (non-hydrogen) atoms. The Labute approximate surface area is 123 Å². The quantitative estimate of drug-likeness (QED) is 0.880. The highest BCUT2D eigenvalue weighted by molar-refractivity contribution is 6.04. The number of pyridine rings is 1. The number of methoxy groups -OCH3 is 1. The van der Waals surface area contributed by atoms with Gasteiger partial charge in [-0.25, -0.2) is 9.78 Å². The van der Waals surface area contributed by atoms with Crippen molar-refractivity contribution in [3.8, 4) is 0 Å². The number of anilines is 1. The molecule has 0 saturated heterocycles. The van der Waals surface area contributed by atoms with Gasteiger partial charge in [0.2, 0.25) is 0 Å². The van der Waals surface area contributed by atoms with Gasteiger partial charge < -0.3 is 10.1 Å². The lowest BCUT2D eigenvalue weighted by Gasteiger charge is -2.09. The van der Waals surface area contributed by atoms with Gasteiger partial charge in [0.15, 0.2) is 0 Å². The van der Waals surface area contributed by atoms with Crippen molar-refractivity contribution >= 4 is 17.6 Å². The van der Waals surface area contributed by atoms with Crippen LogP contribution in [0.25, 0.3) is 0 Å². The minimum atomic E-state index is -0.573. The van der Waals surface area contributed by atoms with Gasteiger partial charge in [-0.05, 0) is 43.2 Å². The molecule has 0 fully saturated rings. The highest BCUT2D eigenvalue weighted by Crippen LogP contribution is 2.17. The second-order valence-corrected chi connectivity index (χ2v) is 4.67. The number of hydrogen-bond donors (Lipinski definition) is 1. The van der Waals surface area contributed by atoms with E-state index in [1.807, 2.05) is 32.0 Å². The number of hydrogen-bond acceptors (Lipinski definition) is 4. The fourth-order valence-corrected chi connectivity index (χ4v) is 1.84. The minimum Gasteiger partial charge on any atom is -0.464 e. The summed E-state index contributed by atoms with van der Waals surface area (Å²) in [6, 6.07) is 10.4. The van der Waals surface area contributed by atoms with E-state index in [1.165, 1.54) is 13.2 Å². The van der Waals surface area contributed by atoms with Gasteiger partial charge in [0.1, 0.15) is 11.4 Å². The molecule has 1 amide bonds. The van der Waals surface area contributed by atoms with Gasteiger partial charge in [-0.15, -0.1) is 0 Å². The second kappa shape index (κ2) is 6.17. The fourth-order valence-electron chi connectivity index (χ4n) is 1.84. The van der Waals surface area contributed by atoms with Crippen molar-refractivity contribution in [3.05, 3.63) is 58.9 Å². The molecule has 108 valence electrons. The van der Waals surface area contributed by atoms with E-state index in [9.17, 15) is 9.59 Å². The van der Waals surface area contributed by atoms with Gasteiger partial charge in [-0.1, -0.05) is 18.2 Å². The van der Waals surface area contributed by atoms with Gasteiger partial charge in [0, 0.05) is 5.69 Å². The van der Waals surface area contributed by atoms with Gasteiger partial charge in [-0.3, -0.25) is 4.79 Å². The summed E-state index contributed by atoms with van der Waals surface area (Å²) >= 11 is 0. The predicted octanol–water partition coefficient (Wildman–Crippen LogP) is 2.74. The Hall–Kier alpha value is -2.69. The number of amides is 1. The van der Waals surface area contributed by atoms with Gasteiger partial charge in [-0.2, -0.15) is 0 Å². The number of benzene rings is 1. The lowest BCUT2D eigenvalue weighted by molar-refractivity contribution is 0.0594. The molecule has 0 aliphatic heterocycles. The molecule has 2 aromatic rings. The Balaban J connectivity index is 2.24. The summed E-state index contributed by atoms with van der Waals surface area (Å²) in [4.78, 5) is 27.6. The van der Waals surface area contributed by atoms with Crippen molar-refractivity contribution in [1.29, 1.82) is 0 Å². The topological polar surface area (TPSA) is 68.3 Å². The average molecular weight is 284 g/mol. The normalized spacial score (nSPS) is 10.0. The zero-order chi connectivity index (χ0) is 15.4. The number of aromatic nitrogens is 1. The highest BCUT2D eigenvalue weighted by Gasteiger charge is 2.13. The maximum atomic E-state index is 12.2. The molecule has 1 heterocycles. The summed E-state index contributed by atoms with van der Waals surface area (Å²) in [7, 11) is 1.27. The van der Waals surface area contributed by atoms with E-state index in [-0.39, 0.29) is 17.3 Å². The van der Waals surface area contributed by atoms with Crippen LogP contribution < -0.4 is 5.32 Å². The number of esters is 1. The molecule has 0 saturated carbocycles. The number of carbonyl (C=O) groups is 2. The Morgan fingerprint density at radius 2 is 1.81 bits per heavy atom. The predicted molar refractivity (Wildman–Crippen MR) is 79.4 cm³/mol. The first-order valence-electron chi connectivity index (χ1n) is 6.45. The molecule has 0 atom stereocenters. The van der Waals surface area contributed by atoms with Crippen LogP contribution in [0.15, 0.2) is 36.4 Å². The number of aryl methyl sites for hydroxylation is 2. The lowest BCUT2D eigenvalue weighted by Crippen LogP contribution is -2.16. The Bertz CT molecular complexity index is 696. The summed E-state index contributed by atoms with van der Waals surface area (Å²) in [5.74, 6) is -0.939. The molecular formula is C16H16N2O3. The van der Waals surface area contributed by atoms with Crippen LogP contribution in [-0.2, 0) is 4.74 Å². The number of nitrogens with one attached hydrogen (secondary N) is 1. The largest absolute Gasteiger partial charge is 0.464 e. The molecule has 2 rings (SSSR count). The molecule has 1 N–H and O–H groups in total. The highest BCUT2D eigenvalue weighted by atomic mass is 16.5. The van der Waals surface area contributed by atoms with Crippen molar-refractivity contribution in [3.63, 3.8) is 0 Å². The smallest absolute Gasteiger partial charge is 0.356 e. The van der Waals surface area contributed by atoms with E-state index < -0.39 is 5.97 Å². The number of ether oxygens (including phenoxy) is 1. The van der Waals surface area contributed by atoms with E-state index in [2.05, 4.69) is 15.0 Å². The van der Waals surface area contributed by atoms with E-state index in [0.29, 0.717) is 0 Å². The molecule has 5 heteroatoms. The summed E-state index contributed by atoms with van der Waals surface area (Å²) in [5.41, 5.74) is 3.00. The zero-order valence-electron chi connectivity index (χ0n) is 12.1. The van der Waals surface area contributed by atoms with Crippen LogP contribution in [0.3, 0.4) is 0 Å². The first-order chi connectivity index (χ1) is 10.0. The number of nitrogens with zero attached hydrogens (tertiary/aromatic N) is 1. The Morgan fingerprint density at radius 3 is 2.52 bits per heavy atom. The van der Waals surface area contributed by atoms with Crippen molar-refractivity contribution < 1.29 is 14.3 Å². The minimum absolute atomic E-state index is 0.103. The van der Waals surface area contributed by atoms with Crippen molar-refractivity contribution in [1.82, 2.24) is 4.98 Å². The van der Waals surface area contributed by atoms with Crippen LogP contribution in [0.4, 0.5) is 5.69 Å². The van der Waals surface area contributed by atoms with Crippen molar-refractivity contribution in [2.24, 2.45) is 0 Å². The fraction of sp³-hybridized carbons (Fsp3) is 0.188. The van der Waals surface area contributed by atoms with E-state index in [1.54, 1.807) is 12.1 Å². The Morgan fingerprint density at radius 1 is 1.10 bits per heavy atom. The first kappa shape index (κ1) is 14.7. The molecule has 0 aliphatic carbocycles. The summed E-state index contributed by atoms with van der Waals surface area (Å²) in [5, 5.41) is 2.80. The summed E-state index contributed by atoms with van der Waals surface area (Å²) in [6.07, 6.45) is 0. The van der Waals surface area contributed by atoms with Gasteiger partial charge in [0.25, 0.3) is 5.91 Å². The molecule has 0 spiro atoms. The molecule has 0 radical (unpaired) electrons. The third kappa shape index (κ3) is 3.45. The maximum absolute atomic E-state index is 12.2. The molecule has 1 aromatic carbocycles. The van der Waals surface area contributed by atoms with Crippen LogP contribution in [0.1, 0.15) is 32.1 Å².